The van der Waals surface area contributed by atoms with Crippen LogP contribution in [0.2, 0.25) is 0 Å². The van der Waals surface area contributed by atoms with Crippen molar-refractivity contribution in [1.82, 2.24) is 5.32 Å². The highest BCUT2D eigenvalue weighted by Crippen LogP contribution is 2.03. The SMILES string of the molecule is N#Cc1cccc(C(=O)NC[C@H](O)C(=O)O)c1. The van der Waals surface area contributed by atoms with Crippen molar-refractivity contribution in [3.05, 3.63) is 35.4 Å². The zero-order valence-corrected chi connectivity index (χ0v) is 8.75. The molecule has 0 aliphatic heterocycles. The molecular formula is C11H10N2O4. The lowest BCUT2D eigenvalue weighted by molar-refractivity contribution is -0.146. The first-order chi connectivity index (χ1) is 8.04. The molecule has 1 rings (SSSR count). The van der Waals surface area contributed by atoms with E-state index in [2.05, 4.69) is 5.32 Å². The Kier molecular flexibility index (Phi) is 4.20. The predicted molar refractivity (Wildman–Crippen MR) is 57.1 cm³/mol. The van der Waals surface area contributed by atoms with Crippen molar-refractivity contribution in [1.29, 1.82) is 5.26 Å². The first-order valence-corrected chi connectivity index (χ1v) is 4.74. The number of aliphatic hydroxyl groups excluding tert-OH is 1. The highest BCUT2D eigenvalue weighted by molar-refractivity contribution is 5.94. The fourth-order valence-corrected chi connectivity index (χ4v) is 1.11. The summed E-state index contributed by atoms with van der Waals surface area (Å²) in [6, 6.07) is 7.84. The maximum absolute atomic E-state index is 11.5. The monoisotopic (exact) mass is 234 g/mol. The number of benzene rings is 1. The van der Waals surface area contributed by atoms with Crippen LogP contribution in [0.4, 0.5) is 0 Å². The molecule has 0 heterocycles. The van der Waals surface area contributed by atoms with E-state index >= 15 is 0 Å². The first-order valence-electron chi connectivity index (χ1n) is 4.74. The number of aliphatic carboxylic acids is 1. The molecular weight excluding hydrogens is 224 g/mol. The quantitative estimate of drug-likeness (QED) is 0.664. The Morgan fingerprint density at radius 1 is 1.47 bits per heavy atom. The molecule has 3 N–H and O–H groups in total. The van der Waals surface area contributed by atoms with Crippen LogP contribution >= 0.6 is 0 Å². The number of amides is 1. The second-order valence-corrected chi connectivity index (χ2v) is 3.26. The number of hydrogen-bond donors (Lipinski definition) is 3. The second kappa shape index (κ2) is 5.63. The number of aliphatic hydroxyl groups is 1. The molecule has 6 nitrogen and oxygen atoms in total. The number of nitrogens with one attached hydrogen (secondary N) is 1. The lowest BCUT2D eigenvalue weighted by atomic mass is 10.1. The molecule has 0 saturated heterocycles. The van der Waals surface area contributed by atoms with Gasteiger partial charge in [0.05, 0.1) is 18.2 Å². The van der Waals surface area contributed by atoms with Crippen molar-refractivity contribution in [2.45, 2.75) is 6.10 Å². The number of carboxylic acids is 1. The van der Waals surface area contributed by atoms with Crippen molar-refractivity contribution in [2.24, 2.45) is 0 Å². The number of hydrogen-bond acceptors (Lipinski definition) is 4. The highest BCUT2D eigenvalue weighted by Gasteiger charge is 2.14. The number of nitriles is 1. The van der Waals surface area contributed by atoms with E-state index in [4.69, 9.17) is 15.5 Å². The molecule has 17 heavy (non-hydrogen) atoms. The third kappa shape index (κ3) is 3.59. The Labute approximate surface area is 97.1 Å². The summed E-state index contributed by atoms with van der Waals surface area (Å²) in [5.41, 5.74) is 0.568. The van der Waals surface area contributed by atoms with Crippen LogP contribution in [0, 0.1) is 11.3 Å². The van der Waals surface area contributed by atoms with E-state index in [1.807, 2.05) is 6.07 Å². The number of carbonyl (C=O) groups excluding carboxylic acids is 1. The molecule has 0 radical (unpaired) electrons. The van der Waals surface area contributed by atoms with E-state index in [0.717, 1.165) is 0 Å². The topological polar surface area (TPSA) is 110 Å². The van der Waals surface area contributed by atoms with Crippen LogP contribution in [0.1, 0.15) is 15.9 Å². The average molecular weight is 234 g/mol. The van der Waals surface area contributed by atoms with Gasteiger partial charge in [-0.1, -0.05) is 6.07 Å². The van der Waals surface area contributed by atoms with Gasteiger partial charge in [0, 0.05) is 5.56 Å². The minimum atomic E-state index is -1.64. The molecule has 0 fully saturated rings. The van der Waals surface area contributed by atoms with Crippen molar-refractivity contribution in [3.63, 3.8) is 0 Å². The van der Waals surface area contributed by atoms with Gasteiger partial charge in [-0.3, -0.25) is 4.79 Å². The summed E-state index contributed by atoms with van der Waals surface area (Å²) in [7, 11) is 0. The third-order valence-electron chi connectivity index (χ3n) is 1.99. The van der Waals surface area contributed by atoms with E-state index in [1.165, 1.54) is 12.1 Å². The van der Waals surface area contributed by atoms with Gasteiger partial charge in [-0.25, -0.2) is 4.79 Å². The van der Waals surface area contributed by atoms with Gasteiger partial charge in [-0.05, 0) is 18.2 Å². The van der Waals surface area contributed by atoms with Gasteiger partial charge < -0.3 is 15.5 Å². The molecule has 0 aromatic heterocycles. The molecule has 0 aliphatic carbocycles. The minimum Gasteiger partial charge on any atom is -0.479 e. The van der Waals surface area contributed by atoms with Gasteiger partial charge in [-0.2, -0.15) is 5.26 Å². The lowest BCUT2D eigenvalue weighted by Crippen LogP contribution is -2.36. The summed E-state index contributed by atoms with van der Waals surface area (Å²) in [6.07, 6.45) is -1.64. The van der Waals surface area contributed by atoms with Crippen LogP contribution in [-0.2, 0) is 4.79 Å². The smallest absolute Gasteiger partial charge is 0.334 e. The van der Waals surface area contributed by atoms with E-state index in [0.29, 0.717) is 5.56 Å². The zero-order valence-electron chi connectivity index (χ0n) is 8.75. The molecule has 1 aromatic carbocycles. The van der Waals surface area contributed by atoms with Gasteiger partial charge in [0.1, 0.15) is 0 Å². The van der Waals surface area contributed by atoms with E-state index < -0.39 is 18.0 Å². The van der Waals surface area contributed by atoms with E-state index in [1.54, 1.807) is 12.1 Å². The molecule has 1 amide bonds. The summed E-state index contributed by atoms with van der Waals surface area (Å²) >= 11 is 0. The standard InChI is InChI=1S/C11H10N2O4/c12-5-7-2-1-3-8(4-7)10(15)13-6-9(14)11(16)17/h1-4,9,14H,6H2,(H,13,15)(H,16,17)/t9-/m0/s1. The fourth-order valence-electron chi connectivity index (χ4n) is 1.11. The normalized spacial score (nSPS) is 11.3. The average Bonchev–Trinajstić information content (AvgIpc) is 2.35. The van der Waals surface area contributed by atoms with Crippen LogP contribution < -0.4 is 5.32 Å². The van der Waals surface area contributed by atoms with Gasteiger partial charge in [0.2, 0.25) is 0 Å². The number of nitrogens with zero attached hydrogens (tertiary/aromatic N) is 1. The number of rotatable bonds is 4. The summed E-state index contributed by atoms with van der Waals surface area (Å²) in [5.74, 6) is -1.95. The Morgan fingerprint density at radius 3 is 2.76 bits per heavy atom. The summed E-state index contributed by atoms with van der Waals surface area (Å²) in [5, 5.41) is 28.2. The van der Waals surface area contributed by atoms with Crippen molar-refractivity contribution < 1.29 is 19.8 Å². The summed E-state index contributed by atoms with van der Waals surface area (Å²) < 4.78 is 0. The maximum atomic E-state index is 11.5. The fraction of sp³-hybridized carbons (Fsp3) is 0.182. The predicted octanol–water partition coefficient (Wildman–Crippen LogP) is -0.266. The largest absolute Gasteiger partial charge is 0.479 e. The Hall–Kier alpha value is -2.39. The van der Waals surface area contributed by atoms with Gasteiger partial charge >= 0.3 is 5.97 Å². The van der Waals surface area contributed by atoms with Gasteiger partial charge in [-0.15, -0.1) is 0 Å². The van der Waals surface area contributed by atoms with Crippen LogP contribution in [0.3, 0.4) is 0 Å². The Balaban J connectivity index is 2.64. The number of carboxylic acid groups (broad SMARTS) is 1. The molecule has 0 unspecified atom stereocenters. The zero-order chi connectivity index (χ0) is 12.8. The molecule has 88 valence electrons. The summed E-state index contributed by atoms with van der Waals surface area (Å²) in [6.45, 7) is -0.384. The molecule has 6 heteroatoms. The maximum Gasteiger partial charge on any atom is 0.334 e. The van der Waals surface area contributed by atoms with Crippen LogP contribution in [0.5, 0.6) is 0 Å². The first kappa shape index (κ1) is 12.7. The Morgan fingerprint density at radius 2 is 2.18 bits per heavy atom. The summed E-state index contributed by atoms with van der Waals surface area (Å²) in [4.78, 5) is 21.8. The Bertz CT molecular complexity index is 479. The van der Waals surface area contributed by atoms with Crippen molar-refractivity contribution in [2.75, 3.05) is 6.54 Å². The highest BCUT2D eigenvalue weighted by atomic mass is 16.4. The van der Waals surface area contributed by atoms with Crippen LogP contribution in [-0.4, -0.2) is 34.7 Å². The lowest BCUT2D eigenvalue weighted by Gasteiger charge is -2.07. The minimum absolute atomic E-state index is 0.238. The molecule has 0 aliphatic rings. The number of carbonyl (C=O) groups is 2. The molecule has 1 aromatic rings. The van der Waals surface area contributed by atoms with E-state index in [-0.39, 0.29) is 12.1 Å². The van der Waals surface area contributed by atoms with Crippen molar-refractivity contribution in [3.8, 4) is 6.07 Å². The second-order valence-electron chi connectivity index (χ2n) is 3.26. The molecule has 0 spiro atoms. The third-order valence-corrected chi connectivity index (χ3v) is 1.99. The molecule has 0 saturated carbocycles. The van der Waals surface area contributed by atoms with Crippen LogP contribution in [0.25, 0.3) is 0 Å². The van der Waals surface area contributed by atoms with E-state index in [9.17, 15) is 9.59 Å². The van der Waals surface area contributed by atoms with Gasteiger partial charge in [0.15, 0.2) is 6.10 Å². The molecule has 0 bridgehead atoms. The molecule has 1 atom stereocenters. The van der Waals surface area contributed by atoms with Crippen LogP contribution in [0.15, 0.2) is 24.3 Å². The van der Waals surface area contributed by atoms with Crippen molar-refractivity contribution >= 4 is 11.9 Å². The van der Waals surface area contributed by atoms with Gasteiger partial charge in [0.25, 0.3) is 5.91 Å².